The molecular formula is C25H30FN3O3. The van der Waals surface area contributed by atoms with Crippen LogP contribution in [0.25, 0.3) is 0 Å². The van der Waals surface area contributed by atoms with E-state index >= 15 is 0 Å². The summed E-state index contributed by atoms with van der Waals surface area (Å²) in [5, 5.41) is 5.69. The Labute approximate surface area is 188 Å². The number of imide groups is 1. The Balaban J connectivity index is 1.85. The van der Waals surface area contributed by atoms with Crippen LogP contribution in [0, 0.1) is 5.82 Å². The van der Waals surface area contributed by atoms with Crippen LogP contribution < -0.4 is 10.6 Å². The highest BCUT2D eigenvalue weighted by atomic mass is 19.1. The number of aryl methyl sites for hydroxylation is 2. The topological polar surface area (TPSA) is 78.5 Å². The van der Waals surface area contributed by atoms with E-state index in [0.717, 1.165) is 41.0 Å². The molecule has 0 spiro atoms. The highest BCUT2D eigenvalue weighted by molar-refractivity contribution is 6.10. The molecule has 2 N–H and O–H groups in total. The van der Waals surface area contributed by atoms with Crippen LogP contribution in [0.15, 0.2) is 42.5 Å². The number of nitrogens with zero attached hydrogens (tertiary/aromatic N) is 1. The number of anilines is 1. The van der Waals surface area contributed by atoms with Gasteiger partial charge in [0, 0.05) is 5.69 Å². The second kappa shape index (κ2) is 9.94. The first-order valence-electron chi connectivity index (χ1n) is 11.2. The monoisotopic (exact) mass is 439 g/mol. The molecule has 1 unspecified atom stereocenters. The number of benzene rings is 2. The van der Waals surface area contributed by atoms with Gasteiger partial charge in [-0.05, 0) is 48.1 Å². The first kappa shape index (κ1) is 23.4. The Morgan fingerprint density at radius 3 is 2.22 bits per heavy atom. The maximum Gasteiger partial charge on any atom is 0.325 e. The fourth-order valence-corrected chi connectivity index (χ4v) is 4.18. The highest BCUT2D eigenvalue weighted by Crippen LogP contribution is 2.34. The molecule has 4 amide bonds. The van der Waals surface area contributed by atoms with E-state index in [-0.39, 0.29) is 6.54 Å². The van der Waals surface area contributed by atoms with Crippen molar-refractivity contribution in [1.82, 2.24) is 10.2 Å². The van der Waals surface area contributed by atoms with E-state index in [1.165, 1.54) is 24.3 Å². The smallest absolute Gasteiger partial charge is 0.324 e. The number of hydrogen-bond acceptors (Lipinski definition) is 3. The van der Waals surface area contributed by atoms with Gasteiger partial charge in [0.2, 0.25) is 5.91 Å². The fraction of sp³-hybridized carbons (Fsp3) is 0.400. The normalized spacial score (nSPS) is 18.1. The van der Waals surface area contributed by atoms with Crippen LogP contribution in [0.5, 0.6) is 0 Å². The Morgan fingerprint density at radius 2 is 1.66 bits per heavy atom. The first-order chi connectivity index (χ1) is 15.4. The molecule has 1 atom stereocenters. The largest absolute Gasteiger partial charge is 0.325 e. The van der Waals surface area contributed by atoms with Gasteiger partial charge in [0.05, 0.1) is 0 Å². The number of carbonyl (C=O) groups is 3. The number of nitrogens with one attached hydrogen (secondary N) is 2. The van der Waals surface area contributed by atoms with E-state index in [9.17, 15) is 18.8 Å². The summed E-state index contributed by atoms with van der Waals surface area (Å²) in [4.78, 5) is 40.0. The molecule has 7 heteroatoms. The van der Waals surface area contributed by atoms with Crippen LogP contribution in [0.2, 0.25) is 0 Å². The van der Waals surface area contributed by atoms with Crippen LogP contribution in [-0.4, -0.2) is 29.3 Å². The minimum Gasteiger partial charge on any atom is -0.324 e. The molecule has 1 aliphatic heterocycles. The first-order valence-corrected chi connectivity index (χ1v) is 11.2. The summed E-state index contributed by atoms with van der Waals surface area (Å²) < 4.78 is 13.5. The van der Waals surface area contributed by atoms with Crippen molar-refractivity contribution in [2.45, 2.75) is 58.4 Å². The molecular weight excluding hydrogens is 409 g/mol. The molecule has 0 bridgehead atoms. The number of rotatable bonds is 9. The van der Waals surface area contributed by atoms with Crippen molar-refractivity contribution in [1.29, 1.82) is 0 Å². The molecule has 1 saturated heterocycles. The average Bonchev–Trinajstić information content (AvgIpc) is 3.03. The summed E-state index contributed by atoms with van der Waals surface area (Å²) in [5.41, 5.74) is 1.96. The number of unbranched alkanes of at least 4 members (excludes halogenated alkanes) is 1. The summed E-state index contributed by atoms with van der Waals surface area (Å²) in [6.07, 6.45) is 3.37. The van der Waals surface area contributed by atoms with Gasteiger partial charge < -0.3 is 10.6 Å². The molecule has 170 valence electrons. The van der Waals surface area contributed by atoms with Gasteiger partial charge in [-0.15, -0.1) is 0 Å². The number of halogens is 1. The number of amides is 4. The molecule has 1 fully saturated rings. The molecule has 0 saturated carbocycles. The maximum atomic E-state index is 13.5. The van der Waals surface area contributed by atoms with E-state index in [4.69, 9.17) is 0 Å². The zero-order valence-corrected chi connectivity index (χ0v) is 18.8. The summed E-state index contributed by atoms with van der Waals surface area (Å²) in [5.74, 6) is -1.35. The van der Waals surface area contributed by atoms with Crippen molar-refractivity contribution in [3.8, 4) is 0 Å². The van der Waals surface area contributed by atoms with Crippen LogP contribution in [0.1, 0.15) is 56.7 Å². The third-order valence-corrected chi connectivity index (χ3v) is 5.98. The van der Waals surface area contributed by atoms with Crippen molar-refractivity contribution in [2.24, 2.45) is 0 Å². The lowest BCUT2D eigenvalue weighted by atomic mass is 9.85. The van der Waals surface area contributed by atoms with Crippen molar-refractivity contribution in [3.05, 3.63) is 65.0 Å². The van der Waals surface area contributed by atoms with Gasteiger partial charge in [0.25, 0.3) is 5.91 Å². The van der Waals surface area contributed by atoms with E-state index in [0.29, 0.717) is 18.4 Å². The Kier molecular flexibility index (Phi) is 7.28. The number of urea groups is 1. The maximum absolute atomic E-state index is 13.5. The molecule has 1 aliphatic rings. The third-order valence-electron chi connectivity index (χ3n) is 5.98. The summed E-state index contributed by atoms with van der Waals surface area (Å²) in [7, 11) is 0. The molecule has 0 aliphatic carbocycles. The minimum atomic E-state index is -1.29. The van der Waals surface area contributed by atoms with E-state index in [1.54, 1.807) is 0 Å². The van der Waals surface area contributed by atoms with E-state index in [1.807, 2.05) is 39.0 Å². The lowest BCUT2D eigenvalue weighted by Crippen LogP contribution is -2.44. The van der Waals surface area contributed by atoms with Gasteiger partial charge in [0.15, 0.2) is 0 Å². The molecule has 2 aromatic carbocycles. The summed E-state index contributed by atoms with van der Waals surface area (Å²) in [6.45, 7) is 5.61. The van der Waals surface area contributed by atoms with Crippen molar-refractivity contribution >= 4 is 23.5 Å². The van der Waals surface area contributed by atoms with Crippen molar-refractivity contribution < 1.29 is 18.8 Å². The summed E-state index contributed by atoms with van der Waals surface area (Å²) in [6, 6.07) is 10.8. The van der Waals surface area contributed by atoms with Crippen LogP contribution in [-0.2, 0) is 28.0 Å². The van der Waals surface area contributed by atoms with Crippen LogP contribution >= 0.6 is 0 Å². The predicted octanol–water partition coefficient (Wildman–Crippen LogP) is 4.53. The van der Waals surface area contributed by atoms with Gasteiger partial charge in [-0.3, -0.25) is 14.5 Å². The van der Waals surface area contributed by atoms with Gasteiger partial charge in [-0.25, -0.2) is 9.18 Å². The molecule has 0 radical (unpaired) electrons. The quantitative estimate of drug-likeness (QED) is 0.564. The van der Waals surface area contributed by atoms with Crippen LogP contribution in [0.4, 0.5) is 14.9 Å². The third kappa shape index (κ3) is 4.52. The lowest BCUT2D eigenvalue weighted by molar-refractivity contribution is -0.134. The van der Waals surface area contributed by atoms with Crippen molar-refractivity contribution in [2.75, 3.05) is 11.9 Å². The van der Waals surface area contributed by atoms with E-state index < -0.39 is 29.2 Å². The molecule has 1 heterocycles. The van der Waals surface area contributed by atoms with E-state index in [2.05, 4.69) is 10.6 Å². The standard InChI is InChI=1S/C25H30FN3O3/c1-4-7-15-25(19-11-13-20(26)14-12-19)23(31)29(24(32)28-25)16-21(30)27-22-17(5-2)9-8-10-18(22)6-3/h8-14H,4-7,15-16H2,1-3H3,(H,27,30)(H,28,32). The predicted molar refractivity (Wildman–Crippen MR) is 122 cm³/mol. The van der Waals surface area contributed by atoms with Gasteiger partial charge in [-0.1, -0.05) is 63.9 Å². The zero-order chi connectivity index (χ0) is 23.3. The molecule has 6 nitrogen and oxygen atoms in total. The molecule has 3 rings (SSSR count). The van der Waals surface area contributed by atoms with Gasteiger partial charge >= 0.3 is 6.03 Å². The Bertz CT molecular complexity index is 984. The average molecular weight is 440 g/mol. The summed E-state index contributed by atoms with van der Waals surface area (Å²) >= 11 is 0. The zero-order valence-electron chi connectivity index (χ0n) is 18.8. The minimum absolute atomic E-state index is 0.372. The SMILES string of the molecule is CCCCC1(c2ccc(F)cc2)NC(=O)N(CC(=O)Nc2c(CC)cccc2CC)C1=O. The number of para-hydroxylation sites is 1. The molecule has 32 heavy (non-hydrogen) atoms. The Hall–Kier alpha value is -3.22. The Morgan fingerprint density at radius 1 is 1.03 bits per heavy atom. The fourth-order valence-electron chi connectivity index (χ4n) is 4.18. The molecule has 2 aromatic rings. The highest BCUT2D eigenvalue weighted by Gasteiger charge is 2.52. The number of carbonyl (C=O) groups excluding carboxylic acids is 3. The lowest BCUT2D eigenvalue weighted by Gasteiger charge is -2.27. The second-order valence-electron chi connectivity index (χ2n) is 8.04. The number of hydrogen-bond donors (Lipinski definition) is 2. The van der Waals surface area contributed by atoms with Crippen LogP contribution in [0.3, 0.4) is 0 Å². The second-order valence-corrected chi connectivity index (χ2v) is 8.04. The van der Waals surface area contributed by atoms with Gasteiger partial charge in [-0.2, -0.15) is 0 Å². The molecule has 0 aromatic heterocycles. The van der Waals surface area contributed by atoms with Crippen molar-refractivity contribution in [3.63, 3.8) is 0 Å². The van der Waals surface area contributed by atoms with Gasteiger partial charge in [0.1, 0.15) is 17.9 Å².